The van der Waals surface area contributed by atoms with Gasteiger partial charge in [-0.2, -0.15) is 0 Å². The molecule has 1 atom stereocenters. The van der Waals surface area contributed by atoms with E-state index >= 15 is 0 Å². The molecule has 0 amide bonds. The van der Waals surface area contributed by atoms with Crippen LogP contribution in [-0.2, 0) is 0 Å². The van der Waals surface area contributed by atoms with Gasteiger partial charge in [0.2, 0.25) is 5.95 Å². The van der Waals surface area contributed by atoms with Crippen molar-refractivity contribution in [3.63, 3.8) is 0 Å². The molecule has 1 aromatic rings. The summed E-state index contributed by atoms with van der Waals surface area (Å²) in [5, 5.41) is 3.19. The SMILES string of the molecule is CC(N)CCNc1ncc(C2CCCC2)cn1. The van der Waals surface area contributed by atoms with Gasteiger partial charge in [-0.25, -0.2) is 9.97 Å². The van der Waals surface area contributed by atoms with Gasteiger partial charge >= 0.3 is 0 Å². The van der Waals surface area contributed by atoms with Crippen LogP contribution in [0.4, 0.5) is 5.95 Å². The fraction of sp³-hybridized carbons (Fsp3) is 0.692. The predicted molar refractivity (Wildman–Crippen MR) is 70.0 cm³/mol. The van der Waals surface area contributed by atoms with Crippen LogP contribution >= 0.6 is 0 Å². The first-order valence-corrected chi connectivity index (χ1v) is 6.57. The molecule has 1 heterocycles. The molecule has 1 aliphatic rings. The number of nitrogens with zero attached hydrogens (tertiary/aromatic N) is 2. The Morgan fingerprint density at radius 1 is 1.35 bits per heavy atom. The summed E-state index contributed by atoms with van der Waals surface area (Å²) in [5.74, 6) is 1.40. The van der Waals surface area contributed by atoms with Gasteiger partial charge in [-0.05, 0) is 37.7 Å². The zero-order valence-electron chi connectivity index (χ0n) is 10.5. The van der Waals surface area contributed by atoms with Crippen molar-refractivity contribution < 1.29 is 0 Å². The number of nitrogens with two attached hydrogens (primary N) is 1. The van der Waals surface area contributed by atoms with Gasteiger partial charge in [0.25, 0.3) is 0 Å². The summed E-state index contributed by atoms with van der Waals surface area (Å²) in [7, 11) is 0. The molecule has 1 aliphatic carbocycles. The van der Waals surface area contributed by atoms with Crippen LogP contribution in [0.3, 0.4) is 0 Å². The normalized spacial score (nSPS) is 18.2. The summed E-state index contributed by atoms with van der Waals surface area (Å²) in [6.45, 7) is 2.84. The number of anilines is 1. The lowest BCUT2D eigenvalue weighted by Crippen LogP contribution is -2.19. The van der Waals surface area contributed by atoms with Gasteiger partial charge in [0.15, 0.2) is 0 Å². The topological polar surface area (TPSA) is 63.8 Å². The summed E-state index contributed by atoms with van der Waals surface area (Å²) in [4.78, 5) is 8.71. The number of hydrogen-bond acceptors (Lipinski definition) is 4. The Balaban J connectivity index is 1.84. The van der Waals surface area contributed by atoms with Crippen LogP contribution in [0.5, 0.6) is 0 Å². The van der Waals surface area contributed by atoms with E-state index in [0.717, 1.165) is 13.0 Å². The third-order valence-electron chi connectivity index (χ3n) is 3.38. The van der Waals surface area contributed by atoms with E-state index in [1.807, 2.05) is 19.3 Å². The number of rotatable bonds is 5. The molecule has 0 radical (unpaired) electrons. The van der Waals surface area contributed by atoms with Gasteiger partial charge in [0.1, 0.15) is 0 Å². The molecule has 1 unspecified atom stereocenters. The standard InChI is InChI=1S/C13H22N4/c1-10(14)6-7-15-13-16-8-12(9-17-13)11-4-2-3-5-11/h8-11H,2-7,14H2,1H3,(H,15,16,17). The molecular weight excluding hydrogens is 212 g/mol. The van der Waals surface area contributed by atoms with Crippen LogP contribution in [0.2, 0.25) is 0 Å². The molecule has 4 nitrogen and oxygen atoms in total. The maximum Gasteiger partial charge on any atom is 0.222 e. The number of aromatic nitrogens is 2. The van der Waals surface area contributed by atoms with Crippen molar-refractivity contribution in [2.24, 2.45) is 5.73 Å². The number of hydrogen-bond donors (Lipinski definition) is 2. The van der Waals surface area contributed by atoms with E-state index in [1.54, 1.807) is 0 Å². The van der Waals surface area contributed by atoms with Crippen LogP contribution in [-0.4, -0.2) is 22.6 Å². The first-order valence-electron chi connectivity index (χ1n) is 6.57. The molecule has 1 aromatic heterocycles. The predicted octanol–water partition coefficient (Wildman–Crippen LogP) is 2.28. The summed E-state index contributed by atoms with van der Waals surface area (Å²) < 4.78 is 0. The average Bonchev–Trinajstić information content (AvgIpc) is 2.83. The summed E-state index contributed by atoms with van der Waals surface area (Å²) >= 11 is 0. The molecule has 4 heteroatoms. The van der Waals surface area contributed by atoms with Crippen molar-refractivity contribution in [1.82, 2.24) is 9.97 Å². The van der Waals surface area contributed by atoms with Crippen LogP contribution in [0.15, 0.2) is 12.4 Å². The van der Waals surface area contributed by atoms with Crippen LogP contribution in [0.25, 0.3) is 0 Å². The molecule has 0 bridgehead atoms. The van der Waals surface area contributed by atoms with E-state index in [1.165, 1.54) is 31.2 Å². The zero-order valence-corrected chi connectivity index (χ0v) is 10.5. The Bertz CT molecular complexity index is 328. The van der Waals surface area contributed by atoms with Gasteiger partial charge in [0.05, 0.1) is 0 Å². The Labute approximate surface area is 103 Å². The number of nitrogens with one attached hydrogen (secondary N) is 1. The minimum atomic E-state index is 0.222. The highest BCUT2D eigenvalue weighted by molar-refractivity contribution is 5.26. The molecule has 3 N–H and O–H groups in total. The van der Waals surface area contributed by atoms with E-state index in [-0.39, 0.29) is 6.04 Å². The highest BCUT2D eigenvalue weighted by atomic mass is 15.1. The smallest absolute Gasteiger partial charge is 0.222 e. The maximum absolute atomic E-state index is 5.68. The second-order valence-electron chi connectivity index (χ2n) is 5.01. The summed E-state index contributed by atoms with van der Waals surface area (Å²) in [6, 6.07) is 0.222. The molecule has 2 rings (SSSR count). The minimum absolute atomic E-state index is 0.222. The lowest BCUT2D eigenvalue weighted by Gasteiger charge is -2.10. The van der Waals surface area contributed by atoms with E-state index < -0.39 is 0 Å². The molecule has 0 aromatic carbocycles. The van der Waals surface area contributed by atoms with Gasteiger partial charge in [-0.15, -0.1) is 0 Å². The van der Waals surface area contributed by atoms with E-state index in [9.17, 15) is 0 Å². The van der Waals surface area contributed by atoms with Crippen molar-refractivity contribution in [2.75, 3.05) is 11.9 Å². The largest absolute Gasteiger partial charge is 0.354 e. The van der Waals surface area contributed by atoms with E-state index in [0.29, 0.717) is 11.9 Å². The quantitative estimate of drug-likeness (QED) is 0.820. The van der Waals surface area contributed by atoms with Gasteiger partial charge in [-0.3, -0.25) is 0 Å². The van der Waals surface area contributed by atoms with Crippen molar-refractivity contribution in [1.29, 1.82) is 0 Å². The fourth-order valence-corrected chi connectivity index (χ4v) is 2.31. The highest BCUT2D eigenvalue weighted by Gasteiger charge is 2.17. The molecule has 0 saturated heterocycles. The van der Waals surface area contributed by atoms with E-state index in [2.05, 4.69) is 15.3 Å². The molecule has 17 heavy (non-hydrogen) atoms. The molecule has 1 saturated carbocycles. The molecule has 1 fully saturated rings. The van der Waals surface area contributed by atoms with Gasteiger partial charge in [-0.1, -0.05) is 12.8 Å². The zero-order chi connectivity index (χ0) is 12.1. The molecule has 0 spiro atoms. The average molecular weight is 234 g/mol. The molecular formula is C13H22N4. The van der Waals surface area contributed by atoms with Gasteiger partial charge in [0, 0.05) is 25.0 Å². The Morgan fingerprint density at radius 2 is 2.00 bits per heavy atom. The summed E-state index contributed by atoms with van der Waals surface area (Å²) in [6.07, 6.45) is 10.2. The van der Waals surface area contributed by atoms with Crippen molar-refractivity contribution in [3.05, 3.63) is 18.0 Å². The van der Waals surface area contributed by atoms with Crippen LogP contribution in [0.1, 0.15) is 50.5 Å². The van der Waals surface area contributed by atoms with Gasteiger partial charge < -0.3 is 11.1 Å². The fourth-order valence-electron chi connectivity index (χ4n) is 2.31. The Hall–Kier alpha value is -1.16. The second-order valence-corrected chi connectivity index (χ2v) is 5.01. The molecule has 0 aliphatic heterocycles. The van der Waals surface area contributed by atoms with Crippen LogP contribution in [0, 0.1) is 0 Å². The lowest BCUT2D eigenvalue weighted by atomic mass is 10.0. The third-order valence-corrected chi connectivity index (χ3v) is 3.38. The minimum Gasteiger partial charge on any atom is -0.354 e. The van der Waals surface area contributed by atoms with E-state index in [4.69, 9.17) is 5.73 Å². The summed E-state index contributed by atoms with van der Waals surface area (Å²) in [5.41, 5.74) is 6.97. The third kappa shape index (κ3) is 3.66. The Morgan fingerprint density at radius 3 is 2.59 bits per heavy atom. The molecule has 94 valence electrons. The first kappa shape index (κ1) is 12.3. The second kappa shape index (κ2) is 5.96. The monoisotopic (exact) mass is 234 g/mol. The maximum atomic E-state index is 5.68. The van der Waals surface area contributed by atoms with Crippen molar-refractivity contribution in [3.8, 4) is 0 Å². The lowest BCUT2D eigenvalue weighted by molar-refractivity contribution is 0.686. The van der Waals surface area contributed by atoms with Crippen LogP contribution < -0.4 is 11.1 Å². The van der Waals surface area contributed by atoms with Crippen molar-refractivity contribution in [2.45, 2.75) is 51.0 Å². The van der Waals surface area contributed by atoms with Crippen molar-refractivity contribution >= 4 is 5.95 Å². The highest BCUT2D eigenvalue weighted by Crippen LogP contribution is 2.33. The first-order chi connectivity index (χ1) is 8.25. The Kier molecular flexibility index (Phi) is 4.31.